The van der Waals surface area contributed by atoms with Gasteiger partial charge in [0.25, 0.3) is 0 Å². The van der Waals surface area contributed by atoms with E-state index in [0.29, 0.717) is 42.6 Å². The molecule has 8 heteroatoms. The van der Waals surface area contributed by atoms with Gasteiger partial charge in [-0.15, -0.1) is 0 Å². The van der Waals surface area contributed by atoms with Gasteiger partial charge in [0.2, 0.25) is 5.91 Å². The maximum absolute atomic E-state index is 13.0. The Morgan fingerprint density at radius 2 is 1.75 bits per heavy atom. The number of nitrogens with zero attached hydrogens (tertiary/aromatic N) is 2. The van der Waals surface area contributed by atoms with Gasteiger partial charge >= 0.3 is 5.97 Å². The summed E-state index contributed by atoms with van der Waals surface area (Å²) in [4.78, 5) is 27.1. The Bertz CT molecular complexity index is 852. The van der Waals surface area contributed by atoms with E-state index in [1.165, 1.54) is 12.1 Å². The first-order chi connectivity index (χ1) is 13.4. The molecule has 0 saturated carbocycles. The number of carbonyl (C=O) groups is 2. The normalized spacial score (nSPS) is 14.1. The van der Waals surface area contributed by atoms with Gasteiger partial charge in [-0.2, -0.15) is 0 Å². The lowest BCUT2D eigenvalue weighted by molar-refractivity contribution is -0.139. The molecule has 0 unspecified atom stereocenters. The SMILES string of the molecule is O=C(O)COc1ccc(Cl)cc1N1CCN(C(=O)Cc2ccc(F)cc2)CC1. The van der Waals surface area contributed by atoms with E-state index in [1.54, 1.807) is 35.2 Å². The number of carbonyl (C=O) groups excluding carboxylic acids is 1. The molecule has 1 aliphatic rings. The van der Waals surface area contributed by atoms with E-state index in [4.69, 9.17) is 21.4 Å². The molecule has 0 radical (unpaired) electrons. The maximum atomic E-state index is 13.0. The van der Waals surface area contributed by atoms with Gasteiger partial charge in [-0.3, -0.25) is 4.79 Å². The van der Waals surface area contributed by atoms with Crippen LogP contribution in [0.3, 0.4) is 0 Å². The van der Waals surface area contributed by atoms with E-state index in [9.17, 15) is 14.0 Å². The fraction of sp³-hybridized carbons (Fsp3) is 0.300. The molecule has 2 aromatic carbocycles. The molecular formula is C20H20ClFN2O4. The fourth-order valence-corrected chi connectivity index (χ4v) is 3.25. The minimum Gasteiger partial charge on any atom is -0.480 e. The van der Waals surface area contributed by atoms with E-state index in [2.05, 4.69) is 0 Å². The monoisotopic (exact) mass is 406 g/mol. The summed E-state index contributed by atoms with van der Waals surface area (Å²) in [5.41, 5.74) is 1.48. The van der Waals surface area contributed by atoms with Gasteiger partial charge in [0.05, 0.1) is 12.1 Å². The fourth-order valence-electron chi connectivity index (χ4n) is 3.08. The lowest BCUT2D eigenvalue weighted by Crippen LogP contribution is -2.49. The molecule has 3 rings (SSSR count). The second-order valence-electron chi connectivity index (χ2n) is 6.47. The summed E-state index contributed by atoms with van der Waals surface area (Å²) in [6.07, 6.45) is 0.227. The summed E-state index contributed by atoms with van der Waals surface area (Å²) in [7, 11) is 0. The van der Waals surface area contributed by atoms with Crippen molar-refractivity contribution in [1.29, 1.82) is 0 Å². The molecule has 6 nitrogen and oxygen atoms in total. The number of rotatable bonds is 6. The summed E-state index contributed by atoms with van der Waals surface area (Å²) in [6.45, 7) is 1.73. The Morgan fingerprint density at radius 3 is 2.39 bits per heavy atom. The summed E-state index contributed by atoms with van der Waals surface area (Å²) in [5.74, 6) is -0.957. The Kier molecular flexibility index (Phi) is 6.36. The van der Waals surface area contributed by atoms with Crippen molar-refractivity contribution in [1.82, 2.24) is 4.90 Å². The lowest BCUT2D eigenvalue weighted by atomic mass is 10.1. The second kappa shape index (κ2) is 8.93. The summed E-state index contributed by atoms with van der Waals surface area (Å²) < 4.78 is 18.3. The highest BCUT2D eigenvalue weighted by Crippen LogP contribution is 2.32. The molecule has 148 valence electrons. The third-order valence-electron chi connectivity index (χ3n) is 4.51. The lowest BCUT2D eigenvalue weighted by Gasteiger charge is -2.36. The third kappa shape index (κ3) is 5.13. The summed E-state index contributed by atoms with van der Waals surface area (Å²) >= 11 is 6.09. The molecule has 2 aromatic rings. The molecule has 1 saturated heterocycles. The van der Waals surface area contributed by atoms with Gasteiger partial charge in [-0.05, 0) is 35.9 Å². The van der Waals surface area contributed by atoms with Crippen molar-refractivity contribution < 1.29 is 23.8 Å². The van der Waals surface area contributed by atoms with Crippen molar-refractivity contribution >= 4 is 29.2 Å². The first-order valence-corrected chi connectivity index (χ1v) is 9.21. The number of aliphatic carboxylic acids is 1. The zero-order valence-corrected chi connectivity index (χ0v) is 15.9. The Hall–Kier alpha value is -2.80. The van der Waals surface area contributed by atoms with E-state index in [0.717, 1.165) is 5.56 Å². The van der Waals surface area contributed by atoms with Crippen molar-refractivity contribution in [2.24, 2.45) is 0 Å². The van der Waals surface area contributed by atoms with Crippen LogP contribution in [0.15, 0.2) is 42.5 Å². The quantitative estimate of drug-likeness (QED) is 0.798. The molecular weight excluding hydrogens is 387 g/mol. The minimum absolute atomic E-state index is 0.0142. The van der Waals surface area contributed by atoms with Crippen LogP contribution in [-0.2, 0) is 16.0 Å². The van der Waals surface area contributed by atoms with Gasteiger partial charge in [0.15, 0.2) is 6.61 Å². The number of halogens is 2. The van der Waals surface area contributed by atoms with Crippen molar-refractivity contribution in [2.45, 2.75) is 6.42 Å². The van der Waals surface area contributed by atoms with E-state index >= 15 is 0 Å². The van der Waals surface area contributed by atoms with E-state index in [1.807, 2.05) is 4.90 Å². The zero-order valence-electron chi connectivity index (χ0n) is 15.1. The van der Waals surface area contributed by atoms with Gasteiger partial charge in [-0.1, -0.05) is 23.7 Å². The smallest absolute Gasteiger partial charge is 0.341 e. The molecule has 0 bridgehead atoms. The number of amides is 1. The molecule has 28 heavy (non-hydrogen) atoms. The van der Waals surface area contributed by atoms with Crippen LogP contribution >= 0.6 is 11.6 Å². The van der Waals surface area contributed by atoms with Crippen molar-refractivity contribution in [2.75, 3.05) is 37.7 Å². The molecule has 1 fully saturated rings. The number of anilines is 1. The molecule has 1 aliphatic heterocycles. The van der Waals surface area contributed by atoms with Crippen molar-refractivity contribution in [3.05, 3.63) is 58.9 Å². The van der Waals surface area contributed by atoms with Gasteiger partial charge in [-0.25, -0.2) is 9.18 Å². The molecule has 0 aliphatic carbocycles. The van der Waals surface area contributed by atoms with Crippen LogP contribution in [0, 0.1) is 5.82 Å². The molecule has 0 atom stereocenters. The Labute approximate surface area is 167 Å². The van der Waals surface area contributed by atoms with Crippen LogP contribution in [0.4, 0.5) is 10.1 Å². The van der Waals surface area contributed by atoms with Gasteiger partial charge < -0.3 is 19.6 Å². The predicted molar refractivity (Wildman–Crippen MR) is 103 cm³/mol. The summed E-state index contributed by atoms with van der Waals surface area (Å²) in [6, 6.07) is 10.9. The second-order valence-corrected chi connectivity index (χ2v) is 6.90. The number of carboxylic acid groups (broad SMARTS) is 1. The predicted octanol–water partition coefficient (Wildman–Crippen LogP) is 2.83. The van der Waals surface area contributed by atoms with Crippen LogP contribution in [0.5, 0.6) is 5.75 Å². The Morgan fingerprint density at radius 1 is 1.07 bits per heavy atom. The summed E-state index contributed by atoms with van der Waals surface area (Å²) in [5, 5.41) is 9.35. The topological polar surface area (TPSA) is 70.1 Å². The molecule has 0 spiro atoms. The number of hydrogen-bond acceptors (Lipinski definition) is 4. The molecule has 1 heterocycles. The number of carboxylic acids is 1. The van der Waals surface area contributed by atoms with Crippen molar-refractivity contribution in [3.63, 3.8) is 0 Å². The van der Waals surface area contributed by atoms with E-state index < -0.39 is 12.6 Å². The zero-order chi connectivity index (χ0) is 20.1. The largest absolute Gasteiger partial charge is 0.480 e. The third-order valence-corrected chi connectivity index (χ3v) is 4.75. The van der Waals surface area contributed by atoms with E-state index in [-0.39, 0.29) is 18.1 Å². The number of hydrogen-bond donors (Lipinski definition) is 1. The highest BCUT2D eigenvalue weighted by Gasteiger charge is 2.23. The molecule has 1 N–H and O–H groups in total. The highest BCUT2D eigenvalue weighted by molar-refractivity contribution is 6.30. The Balaban J connectivity index is 1.61. The van der Waals surface area contributed by atoms with Crippen molar-refractivity contribution in [3.8, 4) is 5.75 Å². The highest BCUT2D eigenvalue weighted by atomic mass is 35.5. The van der Waals surface area contributed by atoms with Gasteiger partial charge in [0, 0.05) is 31.2 Å². The first kappa shape index (κ1) is 19.9. The van der Waals surface area contributed by atoms with Crippen LogP contribution in [0.25, 0.3) is 0 Å². The number of piperazine rings is 1. The first-order valence-electron chi connectivity index (χ1n) is 8.83. The standard InChI is InChI=1S/C20H20ClFN2O4/c21-15-3-6-18(28-13-20(26)27)17(12-15)23-7-9-24(10-8-23)19(25)11-14-1-4-16(22)5-2-14/h1-6,12H,7-11,13H2,(H,26,27). The van der Waals surface area contributed by atoms with Gasteiger partial charge in [0.1, 0.15) is 11.6 Å². The minimum atomic E-state index is -1.06. The molecule has 1 amide bonds. The number of ether oxygens (including phenoxy) is 1. The molecule has 0 aromatic heterocycles. The maximum Gasteiger partial charge on any atom is 0.341 e. The van der Waals surface area contributed by atoms with Crippen LogP contribution in [-0.4, -0.2) is 54.7 Å². The van der Waals surface area contributed by atoms with Crippen LogP contribution < -0.4 is 9.64 Å². The average molecular weight is 407 g/mol. The average Bonchev–Trinajstić information content (AvgIpc) is 2.68. The van der Waals surface area contributed by atoms with Crippen LogP contribution in [0.2, 0.25) is 5.02 Å². The number of benzene rings is 2. The van der Waals surface area contributed by atoms with Crippen LogP contribution in [0.1, 0.15) is 5.56 Å².